The highest BCUT2D eigenvalue weighted by Gasteiger charge is 2.35. The molecule has 0 radical (unpaired) electrons. The van der Waals surface area contributed by atoms with Crippen LogP contribution in [0.15, 0.2) is 88.4 Å². The minimum atomic E-state index is -0.250. The lowest BCUT2D eigenvalue weighted by Gasteiger charge is -2.12. The summed E-state index contributed by atoms with van der Waals surface area (Å²) in [5.41, 5.74) is 5.38. The van der Waals surface area contributed by atoms with Crippen LogP contribution in [0, 0.1) is 6.92 Å². The largest absolute Gasteiger partial charge is 0.342 e. The zero-order valence-corrected chi connectivity index (χ0v) is 20.4. The molecule has 5 rings (SSSR count). The van der Waals surface area contributed by atoms with E-state index in [1.54, 1.807) is 0 Å². The van der Waals surface area contributed by atoms with E-state index in [1.807, 2.05) is 42.5 Å². The van der Waals surface area contributed by atoms with Crippen LogP contribution in [0.25, 0.3) is 17.0 Å². The number of hydrogen-bond acceptors (Lipinski definition) is 3. The fraction of sp³-hybridized carbons (Fsp3) is 0.111. The van der Waals surface area contributed by atoms with Gasteiger partial charge >= 0.3 is 0 Å². The second kappa shape index (κ2) is 9.04. The quantitative estimate of drug-likeness (QED) is 0.268. The lowest BCUT2D eigenvalue weighted by atomic mass is 10.1. The van der Waals surface area contributed by atoms with Gasteiger partial charge in [-0.15, -0.1) is 0 Å². The number of aryl methyl sites for hydroxylation is 1. The molecule has 1 saturated heterocycles. The Morgan fingerprint density at radius 1 is 0.909 bits per heavy atom. The Hall–Kier alpha value is -3.09. The Balaban J connectivity index is 1.45. The molecule has 2 amide bonds. The Morgan fingerprint density at radius 2 is 1.70 bits per heavy atom. The van der Waals surface area contributed by atoms with E-state index in [9.17, 15) is 9.59 Å². The van der Waals surface area contributed by atoms with Crippen LogP contribution in [0.3, 0.4) is 0 Å². The summed E-state index contributed by atoms with van der Waals surface area (Å²) in [7, 11) is 0. The van der Waals surface area contributed by atoms with E-state index in [2.05, 4.69) is 70.0 Å². The number of carbonyl (C=O) groups is 2. The first-order chi connectivity index (χ1) is 16.0. The summed E-state index contributed by atoms with van der Waals surface area (Å²) in [5.74, 6) is -0.250. The van der Waals surface area contributed by atoms with Gasteiger partial charge in [0.25, 0.3) is 11.1 Å². The molecule has 6 heteroatoms. The average Bonchev–Trinajstić information content (AvgIpc) is 3.28. The first kappa shape index (κ1) is 21.7. The van der Waals surface area contributed by atoms with E-state index in [-0.39, 0.29) is 17.7 Å². The predicted molar refractivity (Wildman–Crippen MR) is 138 cm³/mol. The molecule has 4 nitrogen and oxygen atoms in total. The Morgan fingerprint density at radius 3 is 2.48 bits per heavy atom. The molecule has 0 saturated carbocycles. The molecule has 0 atom stereocenters. The summed E-state index contributed by atoms with van der Waals surface area (Å²) in [6.07, 6.45) is 3.91. The van der Waals surface area contributed by atoms with Crippen LogP contribution >= 0.6 is 27.7 Å². The van der Waals surface area contributed by atoms with Gasteiger partial charge in [0.15, 0.2) is 0 Å². The number of aromatic nitrogens is 1. The number of thioether (sulfide) groups is 1. The summed E-state index contributed by atoms with van der Waals surface area (Å²) in [6.45, 7) is 3.08. The highest BCUT2D eigenvalue weighted by Crippen LogP contribution is 2.35. The minimum Gasteiger partial charge on any atom is -0.342 e. The molecule has 4 aromatic rings. The number of rotatable bonds is 5. The molecule has 3 aromatic carbocycles. The summed E-state index contributed by atoms with van der Waals surface area (Å²) in [4.78, 5) is 27.5. The van der Waals surface area contributed by atoms with Crippen molar-refractivity contribution in [1.29, 1.82) is 0 Å². The van der Waals surface area contributed by atoms with Gasteiger partial charge in [0.1, 0.15) is 0 Å². The van der Waals surface area contributed by atoms with E-state index in [4.69, 9.17) is 0 Å². The minimum absolute atomic E-state index is 0.241. The third-order valence-electron chi connectivity index (χ3n) is 5.68. The fourth-order valence-corrected chi connectivity index (χ4v) is 5.28. The number of imide groups is 1. The highest BCUT2D eigenvalue weighted by atomic mass is 79.9. The number of halogens is 1. The fourth-order valence-electron chi connectivity index (χ4n) is 4.01. The molecular weight excluding hydrogens is 496 g/mol. The van der Waals surface area contributed by atoms with Crippen molar-refractivity contribution in [2.75, 3.05) is 0 Å². The van der Waals surface area contributed by atoms with E-state index >= 15 is 0 Å². The number of para-hydroxylation sites is 1. The van der Waals surface area contributed by atoms with Crippen molar-refractivity contribution >= 4 is 55.8 Å². The summed E-state index contributed by atoms with van der Waals surface area (Å²) in [6, 6.07) is 24.3. The summed E-state index contributed by atoms with van der Waals surface area (Å²) in [5, 5.41) is 0.818. The molecule has 0 aliphatic carbocycles. The van der Waals surface area contributed by atoms with Gasteiger partial charge in [-0.3, -0.25) is 14.5 Å². The molecule has 1 aromatic heterocycles. The molecule has 2 heterocycles. The number of hydrogen-bond donors (Lipinski definition) is 0. The first-order valence-electron chi connectivity index (χ1n) is 10.6. The average molecular weight is 517 g/mol. The number of nitrogens with zero attached hydrogens (tertiary/aromatic N) is 2. The zero-order chi connectivity index (χ0) is 22.9. The summed E-state index contributed by atoms with van der Waals surface area (Å²) < 4.78 is 3.11. The van der Waals surface area contributed by atoms with Crippen LogP contribution in [-0.2, 0) is 17.9 Å². The van der Waals surface area contributed by atoms with E-state index in [0.717, 1.165) is 44.8 Å². The Labute approximate surface area is 205 Å². The highest BCUT2D eigenvalue weighted by molar-refractivity contribution is 9.10. The van der Waals surface area contributed by atoms with Crippen LogP contribution in [-0.4, -0.2) is 20.6 Å². The monoisotopic (exact) mass is 516 g/mol. The van der Waals surface area contributed by atoms with Crippen LogP contribution in [0.5, 0.6) is 0 Å². The molecule has 0 unspecified atom stereocenters. The van der Waals surface area contributed by atoms with Crippen molar-refractivity contribution in [3.05, 3.63) is 111 Å². The van der Waals surface area contributed by atoms with Crippen molar-refractivity contribution in [1.82, 2.24) is 9.47 Å². The maximum absolute atomic E-state index is 13.1. The van der Waals surface area contributed by atoms with Gasteiger partial charge in [0, 0.05) is 33.7 Å². The number of amides is 2. The van der Waals surface area contributed by atoms with E-state index < -0.39 is 0 Å². The van der Waals surface area contributed by atoms with Crippen LogP contribution in [0.1, 0.15) is 22.3 Å². The third-order valence-corrected chi connectivity index (χ3v) is 7.08. The van der Waals surface area contributed by atoms with Gasteiger partial charge in [0.05, 0.1) is 11.4 Å². The SMILES string of the molecule is Cc1ccc(Cn2cc(/C=C3\SC(=O)N(Cc4cccc(Br)c4)C3=O)c3ccccc32)cc1. The van der Waals surface area contributed by atoms with Crippen molar-refractivity contribution in [2.45, 2.75) is 20.0 Å². The van der Waals surface area contributed by atoms with Gasteiger partial charge in [0.2, 0.25) is 0 Å². The van der Waals surface area contributed by atoms with Gasteiger partial charge in [-0.1, -0.05) is 76.1 Å². The van der Waals surface area contributed by atoms with Crippen molar-refractivity contribution in [3.8, 4) is 0 Å². The first-order valence-corrected chi connectivity index (χ1v) is 12.2. The van der Waals surface area contributed by atoms with Crippen molar-refractivity contribution < 1.29 is 9.59 Å². The van der Waals surface area contributed by atoms with E-state index in [0.29, 0.717) is 4.91 Å². The molecule has 0 N–H and O–H groups in total. The van der Waals surface area contributed by atoms with Gasteiger partial charge in [-0.25, -0.2) is 0 Å². The number of carbonyl (C=O) groups excluding carboxylic acids is 2. The maximum atomic E-state index is 13.1. The Kier molecular flexibility index (Phi) is 5.96. The molecule has 1 aliphatic rings. The van der Waals surface area contributed by atoms with Crippen LogP contribution in [0.2, 0.25) is 0 Å². The molecule has 0 spiro atoms. The molecule has 33 heavy (non-hydrogen) atoms. The normalized spacial score (nSPS) is 15.2. The topological polar surface area (TPSA) is 42.3 Å². The number of benzene rings is 3. The second-order valence-corrected chi connectivity index (χ2v) is 10.0. The number of fused-ring (bicyclic) bond motifs is 1. The van der Waals surface area contributed by atoms with Crippen molar-refractivity contribution in [3.63, 3.8) is 0 Å². The summed E-state index contributed by atoms with van der Waals surface area (Å²) >= 11 is 4.44. The van der Waals surface area contributed by atoms with Gasteiger partial charge in [-0.2, -0.15) is 0 Å². The molecule has 1 fully saturated rings. The van der Waals surface area contributed by atoms with Crippen LogP contribution in [0.4, 0.5) is 4.79 Å². The van der Waals surface area contributed by atoms with E-state index in [1.165, 1.54) is 16.0 Å². The van der Waals surface area contributed by atoms with Gasteiger partial charge in [-0.05, 0) is 54.1 Å². The molecule has 1 aliphatic heterocycles. The van der Waals surface area contributed by atoms with Gasteiger partial charge < -0.3 is 4.57 Å². The standard InChI is InChI=1S/C27H21BrN2O2S/c1-18-9-11-19(12-10-18)15-29-17-21(23-7-2-3-8-24(23)29)14-25-26(31)30(27(32)33-25)16-20-5-4-6-22(28)13-20/h2-14,17H,15-16H2,1H3/b25-14-. The zero-order valence-electron chi connectivity index (χ0n) is 18.0. The predicted octanol–water partition coefficient (Wildman–Crippen LogP) is 7.00. The van der Waals surface area contributed by atoms with Crippen molar-refractivity contribution in [2.24, 2.45) is 0 Å². The maximum Gasteiger partial charge on any atom is 0.293 e. The lowest BCUT2D eigenvalue weighted by molar-refractivity contribution is -0.123. The molecular formula is C27H21BrN2O2S. The smallest absolute Gasteiger partial charge is 0.293 e. The molecule has 0 bridgehead atoms. The second-order valence-electron chi connectivity index (χ2n) is 8.11. The third kappa shape index (κ3) is 4.54. The lowest BCUT2D eigenvalue weighted by Crippen LogP contribution is -2.27. The molecule has 164 valence electrons. The van der Waals surface area contributed by atoms with Crippen LogP contribution < -0.4 is 0 Å². The Bertz CT molecular complexity index is 1410.